The van der Waals surface area contributed by atoms with Crippen molar-refractivity contribution < 1.29 is 9.59 Å². The number of carbonyl (C=O) groups excluding carboxylic acids is 2. The van der Waals surface area contributed by atoms with E-state index in [0.717, 1.165) is 12.8 Å². The summed E-state index contributed by atoms with van der Waals surface area (Å²) in [6.45, 7) is 0.436. The third-order valence-electron chi connectivity index (χ3n) is 3.00. The highest BCUT2D eigenvalue weighted by atomic mass is 16.2. The molecular formula is C13H17N3O2. The molecule has 1 aromatic rings. The van der Waals surface area contributed by atoms with E-state index in [1.165, 1.54) is 4.90 Å². The molecule has 5 nitrogen and oxygen atoms in total. The molecule has 1 aliphatic heterocycles. The van der Waals surface area contributed by atoms with Gasteiger partial charge < -0.3 is 11.1 Å². The zero-order valence-corrected chi connectivity index (χ0v) is 10.1. The molecule has 0 bridgehead atoms. The minimum absolute atomic E-state index is 0.291. The molecule has 1 heterocycles. The van der Waals surface area contributed by atoms with Crippen molar-refractivity contribution in [1.82, 2.24) is 4.90 Å². The van der Waals surface area contributed by atoms with E-state index in [4.69, 9.17) is 5.73 Å². The van der Waals surface area contributed by atoms with Crippen molar-refractivity contribution in [1.29, 1.82) is 0 Å². The lowest BCUT2D eigenvalue weighted by Crippen LogP contribution is -2.47. The number of para-hydroxylation sites is 1. The maximum absolute atomic E-state index is 12.0. The van der Waals surface area contributed by atoms with Crippen LogP contribution in [0.25, 0.3) is 0 Å². The minimum Gasteiger partial charge on any atom is -0.320 e. The number of rotatable bonds is 1. The molecule has 5 heteroatoms. The van der Waals surface area contributed by atoms with Crippen LogP contribution in [0.1, 0.15) is 19.3 Å². The molecule has 3 N–H and O–H groups in total. The molecule has 0 aliphatic carbocycles. The molecule has 0 unspecified atom stereocenters. The molecular weight excluding hydrogens is 230 g/mol. The standard InChI is InChI=1S/C13H17N3O2/c14-11-8-4-5-9-16(12(11)17)13(18)15-10-6-2-1-3-7-10/h1-3,6-7,11H,4-5,8-9,14H2,(H,15,18)/t11-/m0/s1. The fourth-order valence-corrected chi connectivity index (χ4v) is 1.98. The molecule has 1 aromatic carbocycles. The smallest absolute Gasteiger partial charge is 0.320 e. The Hall–Kier alpha value is -1.88. The number of nitrogens with two attached hydrogens (primary N) is 1. The van der Waals surface area contributed by atoms with Gasteiger partial charge >= 0.3 is 6.03 Å². The quantitative estimate of drug-likeness (QED) is 0.790. The summed E-state index contributed by atoms with van der Waals surface area (Å²) in [5.41, 5.74) is 6.40. The van der Waals surface area contributed by atoms with Crippen LogP contribution in [-0.2, 0) is 4.79 Å². The number of likely N-dealkylation sites (tertiary alicyclic amines) is 1. The maximum atomic E-state index is 12.0. The second kappa shape index (κ2) is 5.64. The molecule has 0 spiro atoms. The van der Waals surface area contributed by atoms with Gasteiger partial charge in [0.1, 0.15) is 0 Å². The van der Waals surface area contributed by atoms with Crippen LogP contribution < -0.4 is 11.1 Å². The van der Waals surface area contributed by atoms with Crippen LogP contribution in [0, 0.1) is 0 Å². The Balaban J connectivity index is 2.05. The van der Waals surface area contributed by atoms with E-state index in [0.29, 0.717) is 18.7 Å². The molecule has 18 heavy (non-hydrogen) atoms. The first kappa shape index (κ1) is 12.6. The number of benzene rings is 1. The summed E-state index contributed by atoms with van der Waals surface area (Å²) in [5, 5.41) is 2.70. The normalized spacial score (nSPS) is 20.4. The first-order valence-corrected chi connectivity index (χ1v) is 6.11. The molecule has 0 saturated carbocycles. The Kier molecular flexibility index (Phi) is 3.94. The summed E-state index contributed by atoms with van der Waals surface area (Å²) in [4.78, 5) is 25.1. The van der Waals surface area contributed by atoms with Gasteiger partial charge in [-0.3, -0.25) is 9.69 Å². The first-order chi connectivity index (χ1) is 8.68. The van der Waals surface area contributed by atoms with E-state index in [9.17, 15) is 9.59 Å². The second-order valence-corrected chi connectivity index (χ2v) is 4.39. The predicted octanol–water partition coefficient (Wildman–Crippen LogP) is 1.56. The molecule has 3 amide bonds. The first-order valence-electron chi connectivity index (χ1n) is 6.11. The lowest BCUT2D eigenvalue weighted by Gasteiger charge is -2.21. The summed E-state index contributed by atoms with van der Waals surface area (Å²) >= 11 is 0. The molecule has 96 valence electrons. The number of amides is 3. The third kappa shape index (κ3) is 2.87. The molecule has 1 atom stereocenters. The molecule has 2 rings (SSSR count). The number of urea groups is 1. The van der Waals surface area contributed by atoms with E-state index in [-0.39, 0.29) is 5.91 Å². The van der Waals surface area contributed by atoms with Crippen molar-refractivity contribution in [2.75, 3.05) is 11.9 Å². The number of nitrogens with zero attached hydrogens (tertiary/aromatic N) is 1. The monoisotopic (exact) mass is 247 g/mol. The van der Waals surface area contributed by atoms with Gasteiger partial charge in [0.15, 0.2) is 0 Å². The van der Waals surface area contributed by atoms with Crippen LogP contribution in [0.4, 0.5) is 10.5 Å². The van der Waals surface area contributed by atoms with Gasteiger partial charge in [-0.05, 0) is 31.4 Å². The van der Waals surface area contributed by atoms with Crippen LogP contribution >= 0.6 is 0 Å². The van der Waals surface area contributed by atoms with E-state index >= 15 is 0 Å². The third-order valence-corrected chi connectivity index (χ3v) is 3.00. The lowest BCUT2D eigenvalue weighted by atomic mass is 10.1. The van der Waals surface area contributed by atoms with E-state index in [1.807, 2.05) is 18.2 Å². The molecule has 0 radical (unpaired) electrons. The largest absolute Gasteiger partial charge is 0.328 e. The van der Waals surface area contributed by atoms with Gasteiger partial charge in [0.25, 0.3) is 0 Å². The maximum Gasteiger partial charge on any atom is 0.328 e. The number of imide groups is 1. The number of hydrogen-bond donors (Lipinski definition) is 2. The SMILES string of the molecule is N[C@H]1CCCCN(C(=O)Nc2ccccc2)C1=O. The van der Waals surface area contributed by atoms with E-state index in [1.54, 1.807) is 12.1 Å². The number of anilines is 1. The van der Waals surface area contributed by atoms with Crippen molar-refractivity contribution in [2.45, 2.75) is 25.3 Å². The van der Waals surface area contributed by atoms with Crippen molar-refractivity contribution in [3.8, 4) is 0 Å². The van der Waals surface area contributed by atoms with Gasteiger partial charge in [0.05, 0.1) is 6.04 Å². The van der Waals surface area contributed by atoms with Crippen LogP contribution in [-0.4, -0.2) is 29.4 Å². The Bertz CT molecular complexity index is 433. The highest BCUT2D eigenvalue weighted by molar-refractivity contribution is 6.02. The van der Waals surface area contributed by atoms with Crippen molar-refractivity contribution in [3.05, 3.63) is 30.3 Å². The van der Waals surface area contributed by atoms with E-state index < -0.39 is 12.1 Å². The summed E-state index contributed by atoms with van der Waals surface area (Å²) in [6.07, 6.45) is 2.33. The summed E-state index contributed by atoms with van der Waals surface area (Å²) in [7, 11) is 0. The Morgan fingerprint density at radius 1 is 1.28 bits per heavy atom. The zero-order valence-electron chi connectivity index (χ0n) is 10.1. The molecule has 1 saturated heterocycles. The van der Waals surface area contributed by atoms with E-state index in [2.05, 4.69) is 5.32 Å². The Labute approximate surface area is 106 Å². The van der Waals surface area contributed by atoms with Gasteiger partial charge in [0, 0.05) is 12.2 Å². The Morgan fingerprint density at radius 2 is 2.00 bits per heavy atom. The second-order valence-electron chi connectivity index (χ2n) is 4.39. The topological polar surface area (TPSA) is 75.4 Å². The summed E-state index contributed by atoms with van der Waals surface area (Å²) in [6, 6.07) is 8.11. The Morgan fingerprint density at radius 3 is 2.72 bits per heavy atom. The number of nitrogens with one attached hydrogen (secondary N) is 1. The highest BCUT2D eigenvalue weighted by Crippen LogP contribution is 2.13. The van der Waals surface area contributed by atoms with Crippen LogP contribution in [0.3, 0.4) is 0 Å². The molecule has 1 aliphatic rings. The average molecular weight is 247 g/mol. The van der Waals surface area contributed by atoms with Gasteiger partial charge in [0.2, 0.25) is 5.91 Å². The molecule has 1 fully saturated rings. The number of carbonyl (C=O) groups is 2. The fourth-order valence-electron chi connectivity index (χ4n) is 1.98. The van der Waals surface area contributed by atoms with Gasteiger partial charge in [-0.25, -0.2) is 4.79 Å². The van der Waals surface area contributed by atoms with Crippen molar-refractivity contribution in [2.24, 2.45) is 5.73 Å². The summed E-state index contributed by atoms with van der Waals surface area (Å²) in [5.74, 6) is -0.291. The fraction of sp³-hybridized carbons (Fsp3) is 0.385. The van der Waals surface area contributed by atoms with Gasteiger partial charge in [-0.2, -0.15) is 0 Å². The highest BCUT2D eigenvalue weighted by Gasteiger charge is 2.28. The average Bonchev–Trinajstić information content (AvgIpc) is 2.54. The molecule has 0 aromatic heterocycles. The lowest BCUT2D eigenvalue weighted by molar-refractivity contribution is -0.128. The zero-order chi connectivity index (χ0) is 13.0. The number of hydrogen-bond acceptors (Lipinski definition) is 3. The van der Waals surface area contributed by atoms with Gasteiger partial charge in [-0.1, -0.05) is 18.2 Å². The predicted molar refractivity (Wildman–Crippen MR) is 69.0 cm³/mol. The van der Waals surface area contributed by atoms with Crippen molar-refractivity contribution in [3.63, 3.8) is 0 Å². The van der Waals surface area contributed by atoms with Crippen LogP contribution in [0.5, 0.6) is 0 Å². The minimum atomic E-state index is -0.561. The van der Waals surface area contributed by atoms with Gasteiger partial charge in [-0.15, -0.1) is 0 Å². The van der Waals surface area contributed by atoms with Crippen LogP contribution in [0.15, 0.2) is 30.3 Å². The van der Waals surface area contributed by atoms with Crippen molar-refractivity contribution >= 4 is 17.6 Å². The van der Waals surface area contributed by atoms with Crippen LogP contribution in [0.2, 0.25) is 0 Å². The summed E-state index contributed by atoms with van der Waals surface area (Å²) < 4.78 is 0.